The quantitative estimate of drug-likeness (QED) is 0.870. The first-order valence-electron chi connectivity index (χ1n) is 8.21. The maximum Gasteiger partial charge on any atom is 0.257 e. The Morgan fingerprint density at radius 1 is 1.08 bits per heavy atom. The molecule has 5 nitrogen and oxygen atoms in total. The molecule has 1 aliphatic rings. The molecule has 0 unspecified atom stereocenters. The summed E-state index contributed by atoms with van der Waals surface area (Å²) in [6.07, 6.45) is 0. The number of methoxy groups -OCH3 is 1. The van der Waals surface area contributed by atoms with E-state index in [0.29, 0.717) is 24.4 Å². The number of nitrogens with zero attached hydrogens (tertiary/aromatic N) is 3. The highest BCUT2D eigenvalue weighted by Crippen LogP contribution is 2.23. The lowest BCUT2D eigenvalue weighted by molar-refractivity contribution is 0.0743. The zero-order valence-corrected chi connectivity index (χ0v) is 14.5. The highest BCUT2D eigenvalue weighted by Gasteiger charge is 2.24. The average molecular weight is 325 g/mol. The molecular weight excluding hydrogens is 302 g/mol. The SMILES string of the molecule is COc1ccc(C)cc1C(=O)N1CCN(c2cccc(C)n2)CC1. The van der Waals surface area contributed by atoms with Crippen molar-refractivity contribution >= 4 is 11.7 Å². The molecule has 0 saturated carbocycles. The van der Waals surface area contributed by atoms with Crippen LogP contribution in [-0.2, 0) is 0 Å². The maximum absolute atomic E-state index is 12.8. The Morgan fingerprint density at radius 3 is 2.50 bits per heavy atom. The molecule has 1 saturated heterocycles. The lowest BCUT2D eigenvalue weighted by atomic mass is 10.1. The summed E-state index contributed by atoms with van der Waals surface area (Å²) in [6.45, 7) is 6.93. The predicted molar refractivity (Wildman–Crippen MR) is 94.8 cm³/mol. The number of amides is 1. The van der Waals surface area contributed by atoms with Crippen LogP contribution >= 0.6 is 0 Å². The minimum absolute atomic E-state index is 0.0346. The van der Waals surface area contributed by atoms with E-state index in [0.717, 1.165) is 30.2 Å². The summed E-state index contributed by atoms with van der Waals surface area (Å²) in [6, 6.07) is 11.7. The van der Waals surface area contributed by atoms with Crippen molar-refractivity contribution in [1.82, 2.24) is 9.88 Å². The van der Waals surface area contributed by atoms with Crippen molar-refractivity contribution in [2.75, 3.05) is 38.2 Å². The number of rotatable bonds is 3. The van der Waals surface area contributed by atoms with Gasteiger partial charge in [0, 0.05) is 31.9 Å². The average Bonchev–Trinajstić information content (AvgIpc) is 2.61. The van der Waals surface area contributed by atoms with Crippen molar-refractivity contribution in [3.63, 3.8) is 0 Å². The molecule has 24 heavy (non-hydrogen) atoms. The summed E-state index contributed by atoms with van der Waals surface area (Å²) in [5.74, 6) is 1.65. The summed E-state index contributed by atoms with van der Waals surface area (Å²) in [5, 5.41) is 0. The minimum atomic E-state index is 0.0346. The summed E-state index contributed by atoms with van der Waals surface area (Å²) < 4.78 is 5.35. The van der Waals surface area contributed by atoms with Crippen LogP contribution in [0.2, 0.25) is 0 Å². The van der Waals surface area contributed by atoms with Crippen molar-refractivity contribution in [3.8, 4) is 5.75 Å². The van der Waals surface area contributed by atoms with Gasteiger partial charge in [0.05, 0.1) is 12.7 Å². The zero-order chi connectivity index (χ0) is 17.1. The second-order valence-electron chi connectivity index (χ2n) is 6.12. The number of anilines is 1. The van der Waals surface area contributed by atoms with E-state index in [1.165, 1.54) is 0 Å². The molecule has 1 aromatic heterocycles. The van der Waals surface area contributed by atoms with Gasteiger partial charge in [0.1, 0.15) is 11.6 Å². The zero-order valence-electron chi connectivity index (χ0n) is 14.5. The van der Waals surface area contributed by atoms with Gasteiger partial charge >= 0.3 is 0 Å². The predicted octanol–water partition coefficient (Wildman–Crippen LogP) is 2.67. The number of hydrogen-bond donors (Lipinski definition) is 0. The van der Waals surface area contributed by atoms with Crippen LogP contribution in [-0.4, -0.2) is 49.1 Å². The van der Waals surface area contributed by atoms with Crippen LogP contribution in [0.1, 0.15) is 21.6 Å². The van der Waals surface area contributed by atoms with Gasteiger partial charge in [-0.05, 0) is 38.1 Å². The third-order valence-electron chi connectivity index (χ3n) is 4.35. The standard InChI is InChI=1S/C19H23N3O2/c1-14-7-8-17(24-3)16(13-14)19(23)22-11-9-21(10-12-22)18-6-4-5-15(2)20-18/h4-8,13H,9-12H2,1-3H3. The van der Waals surface area contributed by atoms with Crippen molar-refractivity contribution in [1.29, 1.82) is 0 Å². The molecular formula is C19H23N3O2. The molecule has 0 N–H and O–H groups in total. The molecule has 1 aromatic carbocycles. The fourth-order valence-electron chi connectivity index (χ4n) is 3.00. The number of aryl methyl sites for hydroxylation is 2. The van der Waals surface area contributed by atoms with Crippen LogP contribution in [0.3, 0.4) is 0 Å². The van der Waals surface area contributed by atoms with Gasteiger partial charge in [0.25, 0.3) is 5.91 Å². The van der Waals surface area contributed by atoms with E-state index < -0.39 is 0 Å². The van der Waals surface area contributed by atoms with Gasteiger partial charge in [-0.3, -0.25) is 4.79 Å². The second-order valence-corrected chi connectivity index (χ2v) is 6.12. The van der Waals surface area contributed by atoms with Crippen molar-refractivity contribution in [2.24, 2.45) is 0 Å². The summed E-state index contributed by atoms with van der Waals surface area (Å²) in [4.78, 5) is 21.5. The normalized spacial score (nSPS) is 14.6. The van der Waals surface area contributed by atoms with Gasteiger partial charge in [-0.1, -0.05) is 17.7 Å². The molecule has 3 rings (SSSR count). The van der Waals surface area contributed by atoms with Gasteiger partial charge in [-0.2, -0.15) is 0 Å². The number of aromatic nitrogens is 1. The highest BCUT2D eigenvalue weighted by atomic mass is 16.5. The Hall–Kier alpha value is -2.56. The minimum Gasteiger partial charge on any atom is -0.496 e. The summed E-state index contributed by atoms with van der Waals surface area (Å²) in [7, 11) is 1.60. The number of carbonyl (C=O) groups is 1. The first kappa shape index (κ1) is 16.3. The first-order chi connectivity index (χ1) is 11.6. The van der Waals surface area contributed by atoms with Crippen molar-refractivity contribution in [2.45, 2.75) is 13.8 Å². The largest absolute Gasteiger partial charge is 0.496 e. The maximum atomic E-state index is 12.8. The van der Waals surface area contributed by atoms with E-state index in [9.17, 15) is 4.79 Å². The molecule has 1 aliphatic heterocycles. The van der Waals surface area contributed by atoms with Crippen molar-refractivity contribution in [3.05, 3.63) is 53.2 Å². The summed E-state index contributed by atoms with van der Waals surface area (Å²) >= 11 is 0. The first-order valence-corrected chi connectivity index (χ1v) is 8.21. The number of carbonyl (C=O) groups excluding carboxylic acids is 1. The third kappa shape index (κ3) is 3.35. The van der Waals surface area contributed by atoms with Crippen LogP contribution in [0.25, 0.3) is 0 Å². The molecule has 0 radical (unpaired) electrons. The van der Waals surface area contributed by atoms with Gasteiger partial charge in [0.2, 0.25) is 0 Å². The van der Waals surface area contributed by atoms with E-state index in [1.807, 2.05) is 55.1 Å². The fraction of sp³-hybridized carbons (Fsp3) is 0.368. The van der Waals surface area contributed by atoms with E-state index in [2.05, 4.69) is 9.88 Å². The lowest BCUT2D eigenvalue weighted by Gasteiger charge is -2.35. The van der Waals surface area contributed by atoms with E-state index in [-0.39, 0.29) is 5.91 Å². The van der Waals surface area contributed by atoms with Gasteiger partial charge < -0.3 is 14.5 Å². The van der Waals surface area contributed by atoms with Crippen LogP contribution in [0.4, 0.5) is 5.82 Å². The summed E-state index contributed by atoms with van der Waals surface area (Å²) in [5.41, 5.74) is 2.71. The Bertz CT molecular complexity index is 737. The molecule has 2 aromatic rings. The van der Waals surface area contributed by atoms with Crippen LogP contribution in [0, 0.1) is 13.8 Å². The molecule has 0 atom stereocenters. The monoisotopic (exact) mass is 325 g/mol. The molecule has 0 aliphatic carbocycles. The highest BCUT2D eigenvalue weighted by molar-refractivity contribution is 5.97. The van der Waals surface area contributed by atoms with Crippen LogP contribution in [0.15, 0.2) is 36.4 Å². The van der Waals surface area contributed by atoms with Gasteiger partial charge in [0.15, 0.2) is 0 Å². The topological polar surface area (TPSA) is 45.7 Å². The van der Waals surface area contributed by atoms with Gasteiger partial charge in [-0.25, -0.2) is 4.98 Å². The molecule has 2 heterocycles. The lowest BCUT2D eigenvalue weighted by Crippen LogP contribution is -2.49. The van der Waals surface area contributed by atoms with Crippen LogP contribution in [0.5, 0.6) is 5.75 Å². The molecule has 126 valence electrons. The smallest absolute Gasteiger partial charge is 0.257 e. The van der Waals surface area contributed by atoms with Crippen molar-refractivity contribution < 1.29 is 9.53 Å². The Labute approximate surface area is 142 Å². The molecule has 1 amide bonds. The molecule has 0 spiro atoms. The number of pyridine rings is 1. The fourth-order valence-corrected chi connectivity index (χ4v) is 3.00. The Balaban J connectivity index is 1.70. The second kappa shape index (κ2) is 6.91. The Morgan fingerprint density at radius 2 is 1.83 bits per heavy atom. The van der Waals surface area contributed by atoms with E-state index in [1.54, 1.807) is 7.11 Å². The third-order valence-corrected chi connectivity index (χ3v) is 4.35. The number of piperazine rings is 1. The number of ether oxygens (including phenoxy) is 1. The molecule has 1 fully saturated rings. The van der Waals surface area contributed by atoms with Gasteiger partial charge in [-0.15, -0.1) is 0 Å². The number of hydrogen-bond acceptors (Lipinski definition) is 4. The van der Waals surface area contributed by atoms with E-state index in [4.69, 9.17) is 4.74 Å². The molecule has 0 bridgehead atoms. The number of benzene rings is 1. The van der Waals surface area contributed by atoms with Crippen LogP contribution < -0.4 is 9.64 Å². The Kier molecular flexibility index (Phi) is 4.69. The van der Waals surface area contributed by atoms with E-state index >= 15 is 0 Å². The molecule has 5 heteroatoms.